The molecule has 0 aliphatic rings. The standard InChI is InChI=1S/C14H20BrF3N2O.ClH/c1-4-13(2,3)20-7-11(21)8-5-9(14(16,17)18)12(19)10(15)6-8;/h5-6,11,20-21H,4,7,19H2,1-3H3;1H. The lowest BCUT2D eigenvalue weighted by atomic mass is 10.00. The molecule has 0 aliphatic carbocycles. The summed E-state index contributed by atoms with van der Waals surface area (Å²) < 4.78 is 38.8. The molecule has 4 N–H and O–H groups in total. The molecular weight excluding hydrogens is 385 g/mol. The maximum absolute atomic E-state index is 12.9. The van der Waals surface area contributed by atoms with E-state index in [0.717, 1.165) is 12.5 Å². The van der Waals surface area contributed by atoms with Crippen molar-refractivity contribution in [3.63, 3.8) is 0 Å². The third kappa shape index (κ3) is 5.61. The summed E-state index contributed by atoms with van der Waals surface area (Å²) >= 11 is 3.01. The van der Waals surface area contributed by atoms with Crippen molar-refractivity contribution in [2.24, 2.45) is 0 Å². The zero-order chi connectivity index (χ0) is 16.4. The molecule has 0 radical (unpaired) electrons. The largest absolute Gasteiger partial charge is 0.418 e. The molecule has 0 heterocycles. The molecule has 0 bridgehead atoms. The number of aliphatic hydroxyl groups is 1. The summed E-state index contributed by atoms with van der Waals surface area (Å²) in [4.78, 5) is 0. The number of hydrogen-bond donors (Lipinski definition) is 3. The highest BCUT2D eigenvalue weighted by molar-refractivity contribution is 9.10. The second kappa shape index (κ2) is 7.86. The summed E-state index contributed by atoms with van der Waals surface area (Å²) in [5.41, 5.74) is 4.09. The van der Waals surface area contributed by atoms with Gasteiger partial charge in [-0.05, 0) is 53.9 Å². The third-order valence-corrected chi connectivity index (χ3v) is 4.16. The van der Waals surface area contributed by atoms with Crippen LogP contribution in [0.2, 0.25) is 0 Å². The molecule has 0 amide bonds. The van der Waals surface area contributed by atoms with Crippen LogP contribution in [0.1, 0.15) is 44.4 Å². The predicted molar refractivity (Wildman–Crippen MR) is 88.1 cm³/mol. The van der Waals surface area contributed by atoms with Crippen LogP contribution in [0.3, 0.4) is 0 Å². The minimum Gasteiger partial charge on any atom is -0.397 e. The quantitative estimate of drug-likeness (QED) is 0.641. The minimum atomic E-state index is -4.56. The average molecular weight is 406 g/mol. The summed E-state index contributed by atoms with van der Waals surface area (Å²) in [6.45, 7) is 6.06. The van der Waals surface area contributed by atoms with Crippen molar-refractivity contribution in [2.75, 3.05) is 12.3 Å². The summed E-state index contributed by atoms with van der Waals surface area (Å²) in [6.07, 6.45) is -4.77. The zero-order valence-corrected chi connectivity index (χ0v) is 15.0. The number of nitrogen functional groups attached to an aromatic ring is 1. The van der Waals surface area contributed by atoms with Crippen LogP contribution in [0.15, 0.2) is 16.6 Å². The van der Waals surface area contributed by atoms with E-state index in [2.05, 4.69) is 21.2 Å². The van der Waals surface area contributed by atoms with Crippen molar-refractivity contribution < 1.29 is 18.3 Å². The molecule has 8 heteroatoms. The van der Waals surface area contributed by atoms with E-state index in [4.69, 9.17) is 5.73 Å². The third-order valence-electron chi connectivity index (χ3n) is 3.50. The first kappa shape index (κ1) is 21.5. The highest BCUT2D eigenvalue weighted by atomic mass is 79.9. The first-order valence-electron chi connectivity index (χ1n) is 6.57. The van der Waals surface area contributed by atoms with Gasteiger partial charge in [0.2, 0.25) is 0 Å². The van der Waals surface area contributed by atoms with Gasteiger partial charge < -0.3 is 16.2 Å². The van der Waals surface area contributed by atoms with Gasteiger partial charge in [0.1, 0.15) is 0 Å². The van der Waals surface area contributed by atoms with Gasteiger partial charge in [0, 0.05) is 16.6 Å². The molecule has 0 fully saturated rings. The van der Waals surface area contributed by atoms with E-state index in [-0.39, 0.29) is 40.2 Å². The molecule has 1 rings (SSSR count). The monoisotopic (exact) mass is 404 g/mol. The molecule has 22 heavy (non-hydrogen) atoms. The highest BCUT2D eigenvalue weighted by Gasteiger charge is 2.34. The molecule has 3 nitrogen and oxygen atoms in total. The fourth-order valence-corrected chi connectivity index (χ4v) is 2.16. The van der Waals surface area contributed by atoms with E-state index in [1.807, 2.05) is 20.8 Å². The topological polar surface area (TPSA) is 58.3 Å². The molecule has 128 valence electrons. The van der Waals surface area contributed by atoms with E-state index >= 15 is 0 Å². The van der Waals surface area contributed by atoms with E-state index in [1.54, 1.807) is 0 Å². The van der Waals surface area contributed by atoms with Gasteiger partial charge in [0.05, 0.1) is 17.4 Å². The molecule has 1 aromatic rings. The Morgan fingerprint density at radius 2 is 1.86 bits per heavy atom. The number of rotatable bonds is 5. The number of nitrogens with one attached hydrogen (secondary N) is 1. The Balaban J connectivity index is 0.00000441. The summed E-state index contributed by atoms with van der Waals surface area (Å²) in [6, 6.07) is 2.31. The van der Waals surface area contributed by atoms with Gasteiger partial charge in [-0.2, -0.15) is 13.2 Å². The SMILES string of the molecule is CCC(C)(C)NCC(O)c1cc(Br)c(N)c(C(F)(F)F)c1.Cl. The summed E-state index contributed by atoms with van der Waals surface area (Å²) in [5.74, 6) is 0. The van der Waals surface area contributed by atoms with Crippen molar-refractivity contribution >= 4 is 34.0 Å². The minimum absolute atomic E-state index is 0. The van der Waals surface area contributed by atoms with Crippen LogP contribution in [0.5, 0.6) is 0 Å². The fourth-order valence-electron chi connectivity index (χ4n) is 1.68. The average Bonchev–Trinajstić information content (AvgIpc) is 2.37. The normalized spacial score (nSPS) is 13.6. The van der Waals surface area contributed by atoms with Crippen LogP contribution in [0.25, 0.3) is 0 Å². The number of β-amino-alcohol motifs (C(OH)–C–C–N with tert-alkyl or cyclic N) is 1. The van der Waals surface area contributed by atoms with Gasteiger partial charge in [0.15, 0.2) is 0 Å². The van der Waals surface area contributed by atoms with Crippen molar-refractivity contribution in [2.45, 2.75) is 45.0 Å². The molecule has 0 saturated carbocycles. The van der Waals surface area contributed by atoms with Gasteiger partial charge in [-0.1, -0.05) is 6.92 Å². The number of halogens is 5. The Labute approximate surface area is 143 Å². The van der Waals surface area contributed by atoms with Crippen molar-refractivity contribution in [1.29, 1.82) is 0 Å². The van der Waals surface area contributed by atoms with E-state index < -0.39 is 17.8 Å². The number of aliphatic hydroxyl groups excluding tert-OH is 1. The molecular formula is C14H21BrClF3N2O. The number of alkyl halides is 3. The highest BCUT2D eigenvalue weighted by Crippen LogP contribution is 2.39. The second-order valence-corrected chi connectivity index (χ2v) is 6.45. The van der Waals surface area contributed by atoms with Crippen LogP contribution >= 0.6 is 28.3 Å². The fraction of sp³-hybridized carbons (Fsp3) is 0.571. The number of anilines is 1. The molecule has 0 saturated heterocycles. The van der Waals surface area contributed by atoms with E-state index in [1.165, 1.54) is 6.07 Å². The molecule has 0 spiro atoms. The zero-order valence-electron chi connectivity index (χ0n) is 12.6. The lowest BCUT2D eigenvalue weighted by molar-refractivity contribution is -0.137. The van der Waals surface area contributed by atoms with E-state index in [9.17, 15) is 18.3 Å². The lowest BCUT2D eigenvalue weighted by Crippen LogP contribution is -2.40. The Morgan fingerprint density at radius 1 is 1.32 bits per heavy atom. The van der Waals surface area contributed by atoms with Crippen molar-refractivity contribution in [3.8, 4) is 0 Å². The van der Waals surface area contributed by atoms with Crippen LogP contribution in [-0.4, -0.2) is 17.2 Å². The van der Waals surface area contributed by atoms with Gasteiger partial charge >= 0.3 is 6.18 Å². The smallest absolute Gasteiger partial charge is 0.397 e. The Morgan fingerprint density at radius 3 is 2.32 bits per heavy atom. The Hall–Kier alpha value is -0.500. The number of nitrogens with two attached hydrogens (primary N) is 1. The molecule has 0 aliphatic heterocycles. The first-order valence-corrected chi connectivity index (χ1v) is 7.36. The molecule has 0 aromatic heterocycles. The van der Waals surface area contributed by atoms with Crippen LogP contribution in [0, 0.1) is 0 Å². The maximum Gasteiger partial charge on any atom is 0.418 e. The van der Waals surface area contributed by atoms with Crippen LogP contribution < -0.4 is 11.1 Å². The lowest BCUT2D eigenvalue weighted by Gasteiger charge is -2.26. The molecule has 1 atom stereocenters. The van der Waals surface area contributed by atoms with E-state index in [0.29, 0.717) is 0 Å². The second-order valence-electron chi connectivity index (χ2n) is 5.60. The predicted octanol–water partition coefficient (Wildman–Crippen LogP) is 4.28. The first-order chi connectivity index (χ1) is 9.48. The van der Waals surface area contributed by atoms with Crippen molar-refractivity contribution in [3.05, 3.63) is 27.7 Å². The van der Waals surface area contributed by atoms with Crippen LogP contribution in [0.4, 0.5) is 18.9 Å². The summed E-state index contributed by atoms with van der Waals surface area (Å²) in [5, 5.41) is 13.2. The molecule has 1 unspecified atom stereocenters. The summed E-state index contributed by atoms with van der Waals surface area (Å²) in [7, 11) is 0. The maximum atomic E-state index is 12.9. The van der Waals surface area contributed by atoms with Gasteiger partial charge in [-0.25, -0.2) is 0 Å². The van der Waals surface area contributed by atoms with Gasteiger partial charge in [-0.15, -0.1) is 12.4 Å². The van der Waals surface area contributed by atoms with Crippen LogP contribution in [-0.2, 0) is 6.18 Å². The van der Waals surface area contributed by atoms with Gasteiger partial charge in [-0.3, -0.25) is 0 Å². The number of hydrogen-bond acceptors (Lipinski definition) is 3. The molecule has 1 aromatic carbocycles. The number of benzene rings is 1. The van der Waals surface area contributed by atoms with Crippen molar-refractivity contribution in [1.82, 2.24) is 5.32 Å². The Bertz CT molecular complexity index is 510. The van der Waals surface area contributed by atoms with Gasteiger partial charge in [0.25, 0.3) is 0 Å². The Kier molecular flexibility index (Phi) is 7.68.